The van der Waals surface area contributed by atoms with E-state index in [0.717, 1.165) is 52.4 Å². The third-order valence-corrected chi connectivity index (χ3v) is 6.63. The van der Waals surface area contributed by atoms with Crippen LogP contribution in [0.3, 0.4) is 0 Å². The molecule has 0 atom stereocenters. The zero-order valence-corrected chi connectivity index (χ0v) is 27.2. The van der Waals surface area contributed by atoms with Gasteiger partial charge in [-0.2, -0.15) is 10.2 Å². The largest absolute Gasteiger partial charge is 0.545 e. The van der Waals surface area contributed by atoms with Crippen molar-refractivity contribution in [2.75, 3.05) is 79.5 Å². The maximum Gasteiger partial charge on any atom is 0.433 e. The summed E-state index contributed by atoms with van der Waals surface area (Å²) in [5.41, 5.74) is 4.75. The predicted octanol–water partition coefficient (Wildman–Crippen LogP) is -3.19. The molecule has 0 aromatic carbocycles. The molecular weight excluding hydrogens is 668 g/mol. The molecule has 2 amide bonds. The molecule has 0 radical (unpaired) electrons. The van der Waals surface area contributed by atoms with Crippen molar-refractivity contribution < 1.29 is 48.1 Å². The number of nitrogens with one attached hydrogen (secondary N) is 2. The molecule has 272 valence electrons. The van der Waals surface area contributed by atoms with Gasteiger partial charge < -0.3 is 38.4 Å². The number of hydrogen-bond donors (Lipinski definition) is 2. The lowest BCUT2D eigenvalue weighted by molar-refractivity contribution is -0.402. The van der Waals surface area contributed by atoms with E-state index in [-0.39, 0.29) is 48.2 Å². The van der Waals surface area contributed by atoms with Gasteiger partial charge in [-0.05, 0) is 38.4 Å². The maximum atomic E-state index is 11.7. The van der Waals surface area contributed by atoms with Crippen LogP contribution in [-0.4, -0.2) is 145 Å². The van der Waals surface area contributed by atoms with Crippen LogP contribution in [0.15, 0.2) is 55.5 Å². The van der Waals surface area contributed by atoms with Crippen molar-refractivity contribution in [1.29, 1.82) is 0 Å². The zero-order chi connectivity index (χ0) is 37.1. The van der Waals surface area contributed by atoms with Crippen LogP contribution in [0.5, 0.6) is 0 Å². The maximum absolute atomic E-state index is 11.7. The van der Waals surface area contributed by atoms with Crippen LogP contribution in [0.2, 0.25) is 0 Å². The number of carboxylic acids is 2. The number of hydrazone groups is 2. The van der Waals surface area contributed by atoms with Gasteiger partial charge in [0.05, 0.1) is 49.6 Å². The SMILES string of the molecule is CN1CCN(CC(=O)N/N=C/c2ccc([N+](=O)[O-])o2)CC1.CN1CCN(CC(=O)N/N=C/c2ccc([N+](=O)[O-])o2)CC1.O=C([O-])/C=C\C(=O)[O-]. The number of carbonyl (C=O) groups is 4. The second-order valence-corrected chi connectivity index (χ2v) is 10.6. The first-order valence-corrected chi connectivity index (χ1v) is 14.8. The fourth-order valence-electron chi connectivity index (χ4n) is 3.98. The van der Waals surface area contributed by atoms with Gasteiger partial charge in [-0.3, -0.25) is 39.6 Å². The fraction of sp³-hybridized carbons (Fsp3) is 0.429. The highest BCUT2D eigenvalue weighted by molar-refractivity contribution is 5.87. The van der Waals surface area contributed by atoms with Gasteiger partial charge in [-0.25, -0.2) is 10.9 Å². The molecule has 2 aromatic heterocycles. The van der Waals surface area contributed by atoms with Gasteiger partial charge in [0.2, 0.25) is 0 Å². The van der Waals surface area contributed by atoms with E-state index in [1.165, 1.54) is 36.7 Å². The van der Waals surface area contributed by atoms with Crippen molar-refractivity contribution in [3.05, 3.63) is 68.2 Å². The highest BCUT2D eigenvalue weighted by Crippen LogP contribution is 2.14. The van der Waals surface area contributed by atoms with Crippen molar-refractivity contribution >= 4 is 48.0 Å². The highest BCUT2D eigenvalue weighted by Gasteiger charge is 2.17. The van der Waals surface area contributed by atoms with Crippen molar-refractivity contribution in [2.24, 2.45) is 10.2 Å². The van der Waals surface area contributed by atoms with Crippen LogP contribution < -0.4 is 21.1 Å². The summed E-state index contributed by atoms with van der Waals surface area (Å²) >= 11 is 0. The number of rotatable bonds is 12. The van der Waals surface area contributed by atoms with E-state index in [2.05, 4.69) is 30.9 Å². The quantitative estimate of drug-likeness (QED) is 0.0952. The van der Waals surface area contributed by atoms with Gasteiger partial charge in [-0.15, -0.1) is 0 Å². The number of likely N-dealkylation sites (N-methyl/N-ethyl adjacent to an activating group) is 2. The van der Waals surface area contributed by atoms with Gasteiger partial charge in [0, 0.05) is 52.4 Å². The lowest BCUT2D eigenvalue weighted by Crippen LogP contribution is -2.47. The molecule has 50 heavy (non-hydrogen) atoms. The summed E-state index contributed by atoms with van der Waals surface area (Å²) in [5.74, 6) is -3.85. The van der Waals surface area contributed by atoms with Crippen LogP contribution in [0.4, 0.5) is 11.8 Å². The average Bonchev–Trinajstić information content (AvgIpc) is 3.74. The van der Waals surface area contributed by atoms with Crippen LogP contribution in [0.1, 0.15) is 11.5 Å². The summed E-state index contributed by atoms with van der Waals surface area (Å²) < 4.78 is 9.75. The van der Waals surface area contributed by atoms with Gasteiger partial charge in [0.15, 0.2) is 11.5 Å². The molecule has 2 N–H and O–H groups in total. The second-order valence-electron chi connectivity index (χ2n) is 10.6. The van der Waals surface area contributed by atoms with Gasteiger partial charge in [0.25, 0.3) is 11.8 Å². The van der Waals surface area contributed by atoms with Crippen LogP contribution in [-0.2, 0) is 19.2 Å². The normalized spacial score (nSPS) is 16.0. The van der Waals surface area contributed by atoms with Crippen LogP contribution in [0.25, 0.3) is 0 Å². The minimum atomic E-state index is -1.55. The smallest absolute Gasteiger partial charge is 0.433 e. The molecule has 22 nitrogen and oxygen atoms in total. The first-order valence-electron chi connectivity index (χ1n) is 14.8. The predicted molar refractivity (Wildman–Crippen MR) is 169 cm³/mol. The first-order chi connectivity index (χ1) is 23.7. The number of furan rings is 2. The van der Waals surface area contributed by atoms with Gasteiger partial charge in [-0.1, -0.05) is 0 Å². The lowest BCUT2D eigenvalue weighted by atomic mass is 10.3. The van der Waals surface area contributed by atoms with Gasteiger partial charge >= 0.3 is 11.8 Å². The number of amides is 2. The lowest BCUT2D eigenvalue weighted by Gasteiger charge is -2.31. The monoisotopic (exact) mass is 704 g/mol. The minimum absolute atomic E-state index is 0.210. The molecule has 2 aliphatic rings. The molecule has 4 heterocycles. The van der Waals surface area contributed by atoms with Crippen LogP contribution >= 0.6 is 0 Å². The number of carbonyl (C=O) groups excluding carboxylic acids is 4. The molecular formula is C28H36N10O12-2. The number of hydrogen-bond acceptors (Lipinski definition) is 18. The molecule has 4 rings (SSSR count). The molecule has 2 fully saturated rings. The molecule has 0 bridgehead atoms. The van der Waals surface area contributed by atoms with Crippen LogP contribution in [0, 0.1) is 20.2 Å². The standard InChI is InChI=1S/2C12H17N5O4.C4H4O4/c2*1-15-4-6-16(7-5-15)9-11(18)14-13-8-10-2-3-12(21-10)17(19)20;5-3(6)1-2-4(7)8/h2*2-3,8H,4-7,9H2,1H3,(H,14,18);1-2H,(H,5,6)(H,7,8)/p-2/b2*13-8+;2-1-. The molecule has 0 unspecified atom stereocenters. The van der Waals surface area contributed by atoms with E-state index in [9.17, 15) is 49.6 Å². The third kappa shape index (κ3) is 16.8. The van der Waals surface area contributed by atoms with Crippen molar-refractivity contribution in [2.45, 2.75) is 0 Å². The molecule has 0 saturated carbocycles. The Morgan fingerprint density at radius 3 is 1.30 bits per heavy atom. The molecule has 2 aromatic rings. The highest BCUT2D eigenvalue weighted by atomic mass is 16.7. The summed E-state index contributed by atoms with van der Waals surface area (Å²) in [7, 11) is 4.09. The summed E-state index contributed by atoms with van der Waals surface area (Å²) in [4.78, 5) is 70.3. The Bertz CT molecular complexity index is 1420. The van der Waals surface area contributed by atoms with E-state index in [0.29, 0.717) is 12.2 Å². The summed E-state index contributed by atoms with van der Waals surface area (Å²) in [5, 5.41) is 47.1. The van der Waals surface area contributed by atoms with E-state index in [1.807, 2.05) is 23.9 Å². The number of nitro groups is 2. The molecule has 0 aliphatic carbocycles. The Morgan fingerprint density at radius 2 is 1.02 bits per heavy atom. The Labute approximate surface area is 284 Å². The molecule has 2 aliphatic heterocycles. The minimum Gasteiger partial charge on any atom is -0.545 e. The Balaban J connectivity index is 0.000000286. The van der Waals surface area contributed by atoms with Gasteiger partial charge in [0.1, 0.15) is 9.85 Å². The molecule has 0 spiro atoms. The van der Waals surface area contributed by atoms with E-state index < -0.39 is 21.8 Å². The van der Waals surface area contributed by atoms with E-state index >= 15 is 0 Å². The zero-order valence-electron chi connectivity index (χ0n) is 27.2. The molecule has 2 saturated heterocycles. The third-order valence-electron chi connectivity index (χ3n) is 6.63. The Morgan fingerprint density at radius 1 is 0.680 bits per heavy atom. The fourth-order valence-corrected chi connectivity index (χ4v) is 3.98. The summed E-state index contributed by atoms with van der Waals surface area (Å²) in [6.07, 6.45) is 3.23. The van der Waals surface area contributed by atoms with Crippen molar-refractivity contribution in [3.63, 3.8) is 0 Å². The summed E-state index contributed by atoms with van der Waals surface area (Å²) in [6, 6.07) is 5.28. The summed E-state index contributed by atoms with van der Waals surface area (Å²) in [6.45, 7) is 7.69. The van der Waals surface area contributed by atoms with Crippen molar-refractivity contribution in [3.8, 4) is 0 Å². The Hall–Kier alpha value is -5.84. The number of carboxylic acid groups (broad SMARTS) is 2. The number of piperazine rings is 2. The van der Waals surface area contributed by atoms with Crippen molar-refractivity contribution in [1.82, 2.24) is 30.5 Å². The number of aliphatic carboxylic acids is 2. The van der Waals surface area contributed by atoms with E-state index in [4.69, 9.17) is 8.83 Å². The van der Waals surface area contributed by atoms with E-state index in [1.54, 1.807) is 0 Å². The Kier molecular flexibility index (Phi) is 17.1. The first kappa shape index (κ1) is 40.3. The average molecular weight is 705 g/mol. The topological polar surface area (TPSA) is 289 Å². The second kappa shape index (κ2) is 21.2. The number of nitrogens with zero attached hydrogens (tertiary/aromatic N) is 8. The molecule has 22 heteroatoms.